The van der Waals surface area contributed by atoms with Crippen molar-refractivity contribution >= 4 is 23.3 Å². The summed E-state index contributed by atoms with van der Waals surface area (Å²) in [6.07, 6.45) is 14.2. The summed E-state index contributed by atoms with van der Waals surface area (Å²) in [4.78, 5) is 9.47. The molecule has 2 aromatic carbocycles. The van der Waals surface area contributed by atoms with Crippen LogP contribution in [0.25, 0.3) is 0 Å². The second kappa shape index (κ2) is 21.1. The summed E-state index contributed by atoms with van der Waals surface area (Å²) in [5.41, 5.74) is 4.29. The van der Waals surface area contributed by atoms with Gasteiger partial charge in [0.05, 0.1) is 17.6 Å². The van der Waals surface area contributed by atoms with E-state index in [2.05, 4.69) is 61.3 Å². The van der Waals surface area contributed by atoms with E-state index in [9.17, 15) is 0 Å². The minimum atomic E-state index is 0. The van der Waals surface area contributed by atoms with Crippen LogP contribution in [0.5, 0.6) is 0 Å². The summed E-state index contributed by atoms with van der Waals surface area (Å²) in [7, 11) is 0. The first-order valence-electron chi connectivity index (χ1n) is 13.5. The van der Waals surface area contributed by atoms with Crippen LogP contribution in [0.1, 0.15) is 103 Å². The van der Waals surface area contributed by atoms with E-state index in [-0.39, 0.29) is 16.5 Å². The Hall–Kier alpha value is -3.05. The third-order valence-electron chi connectivity index (χ3n) is 5.37. The maximum Gasteiger partial charge on any atom is 0.132 e. The summed E-state index contributed by atoms with van der Waals surface area (Å²) in [5.74, 6) is 19.4. The molecule has 37 heavy (non-hydrogen) atoms. The van der Waals surface area contributed by atoms with Gasteiger partial charge in [0.15, 0.2) is 0 Å². The monoisotopic (exact) mass is 534 g/mol. The van der Waals surface area contributed by atoms with Crippen molar-refractivity contribution < 1.29 is 16.5 Å². The first-order valence-corrected chi connectivity index (χ1v) is 13.5. The normalized spacial score (nSPS) is 10.4. The topological polar surface area (TPSA) is 24.7 Å². The number of nitrogens with zero attached hydrogens (tertiary/aromatic N) is 2. The average Bonchev–Trinajstić information content (AvgIpc) is 2.89. The Morgan fingerprint density at radius 1 is 0.676 bits per heavy atom. The molecule has 0 aromatic heterocycles. The van der Waals surface area contributed by atoms with E-state index in [0.29, 0.717) is 5.71 Å². The second-order valence-electron chi connectivity index (χ2n) is 8.78. The molecule has 0 saturated carbocycles. The molecule has 0 N–H and O–H groups in total. The molecule has 0 unspecified atom stereocenters. The van der Waals surface area contributed by atoms with Gasteiger partial charge < -0.3 is 0 Å². The molecule has 2 aromatic rings. The summed E-state index contributed by atoms with van der Waals surface area (Å²) >= 11 is 0. The van der Waals surface area contributed by atoms with Gasteiger partial charge in [-0.25, -0.2) is 4.99 Å². The Morgan fingerprint density at radius 3 is 1.92 bits per heavy atom. The molecule has 0 bridgehead atoms. The van der Waals surface area contributed by atoms with Crippen LogP contribution in [0.4, 0.5) is 11.4 Å². The number of aliphatic imine (C=N–C) groups is 2. The molecule has 0 atom stereocenters. The van der Waals surface area contributed by atoms with Crippen LogP contribution in [-0.4, -0.2) is 11.9 Å². The van der Waals surface area contributed by atoms with Gasteiger partial charge in [-0.3, -0.25) is 4.99 Å². The van der Waals surface area contributed by atoms with Crippen molar-refractivity contribution in [3.05, 3.63) is 59.7 Å². The fraction of sp³-hybridized carbons (Fsp3) is 0.412. The zero-order chi connectivity index (χ0) is 25.7. The van der Waals surface area contributed by atoms with E-state index in [4.69, 9.17) is 4.99 Å². The predicted octanol–water partition coefficient (Wildman–Crippen LogP) is 9.22. The van der Waals surface area contributed by atoms with E-state index in [1.54, 1.807) is 6.21 Å². The van der Waals surface area contributed by atoms with Gasteiger partial charge >= 0.3 is 0 Å². The van der Waals surface area contributed by atoms with Crippen molar-refractivity contribution in [2.45, 2.75) is 91.4 Å². The maximum atomic E-state index is 4.80. The van der Waals surface area contributed by atoms with Crippen molar-refractivity contribution in [3.63, 3.8) is 0 Å². The number of hydrogen-bond acceptors (Lipinski definition) is 2. The fourth-order valence-corrected chi connectivity index (χ4v) is 3.41. The molecule has 0 radical (unpaired) electrons. The second-order valence-corrected chi connectivity index (χ2v) is 8.78. The molecule has 2 rings (SSSR count). The minimum absolute atomic E-state index is 0. The molecular formula is C34H40N2Ni. The fourth-order valence-electron chi connectivity index (χ4n) is 3.41. The van der Waals surface area contributed by atoms with Gasteiger partial charge in [0, 0.05) is 46.9 Å². The van der Waals surface area contributed by atoms with Crippen LogP contribution in [0.2, 0.25) is 0 Å². The molecule has 0 fully saturated rings. The van der Waals surface area contributed by atoms with Gasteiger partial charge in [0.25, 0.3) is 0 Å². The first-order chi connectivity index (χ1) is 17.7. The molecule has 0 aliphatic heterocycles. The molecule has 0 saturated heterocycles. The molecular weight excluding hydrogens is 495 g/mol. The standard InChI is InChI=1S/C34H40N2.Ni/c1-4-7-10-11-12-13-14-17-24-34(36-33-26-19-23-31(28-33)21-16-9-6-3)29-35-32-25-18-22-30(27-32)20-15-8-5-2;/h18-19,22-23,25-29H,4-14H2,1-3H3;. The van der Waals surface area contributed by atoms with Gasteiger partial charge in [0.1, 0.15) is 5.71 Å². The molecule has 2 nitrogen and oxygen atoms in total. The average molecular weight is 535 g/mol. The number of hydrogen-bond donors (Lipinski definition) is 0. The molecule has 0 heterocycles. The largest absolute Gasteiger partial charge is 0.254 e. The van der Waals surface area contributed by atoms with Gasteiger partial charge in [0.2, 0.25) is 0 Å². The maximum absolute atomic E-state index is 4.80. The van der Waals surface area contributed by atoms with Crippen LogP contribution in [-0.2, 0) is 16.5 Å². The van der Waals surface area contributed by atoms with Crippen LogP contribution in [0.15, 0.2) is 58.5 Å². The Balaban J connectivity index is 0.00000684. The zero-order valence-electron chi connectivity index (χ0n) is 22.7. The van der Waals surface area contributed by atoms with Gasteiger partial charge in [-0.2, -0.15) is 0 Å². The third kappa shape index (κ3) is 15.0. The predicted molar refractivity (Wildman–Crippen MR) is 157 cm³/mol. The van der Waals surface area contributed by atoms with E-state index < -0.39 is 0 Å². The van der Waals surface area contributed by atoms with E-state index >= 15 is 0 Å². The number of unbranched alkanes of at least 4 members (excludes halogenated alkanes) is 8. The van der Waals surface area contributed by atoms with Crippen molar-refractivity contribution in [1.82, 2.24) is 0 Å². The minimum Gasteiger partial charge on any atom is -0.254 e. The van der Waals surface area contributed by atoms with Crippen molar-refractivity contribution in [1.29, 1.82) is 0 Å². The van der Waals surface area contributed by atoms with E-state index in [1.807, 2.05) is 48.5 Å². The Labute approximate surface area is 235 Å². The molecule has 0 aliphatic carbocycles. The molecule has 3 heteroatoms. The van der Waals surface area contributed by atoms with Gasteiger partial charge in [-0.1, -0.05) is 94.6 Å². The number of rotatable bonds is 11. The quantitative estimate of drug-likeness (QED) is 0.119. The smallest absolute Gasteiger partial charge is 0.132 e. The molecule has 0 amide bonds. The number of benzene rings is 2. The van der Waals surface area contributed by atoms with Crippen LogP contribution in [0, 0.1) is 35.5 Å². The SMILES string of the molecule is CCCC#Cc1cccc(N=CC(C#CCCCCCCCC)=Nc2cccc(C#CCCC)c2)c1.[Ni]. The van der Waals surface area contributed by atoms with Crippen molar-refractivity contribution in [2.75, 3.05) is 0 Å². The van der Waals surface area contributed by atoms with Crippen LogP contribution in [0.3, 0.4) is 0 Å². The van der Waals surface area contributed by atoms with Gasteiger partial charge in [-0.15, -0.1) is 0 Å². The van der Waals surface area contributed by atoms with Crippen LogP contribution >= 0.6 is 0 Å². The summed E-state index contributed by atoms with van der Waals surface area (Å²) in [6, 6.07) is 16.0. The summed E-state index contributed by atoms with van der Waals surface area (Å²) < 4.78 is 0. The van der Waals surface area contributed by atoms with Gasteiger partial charge in [-0.05, 0) is 61.6 Å². The Morgan fingerprint density at radius 2 is 1.27 bits per heavy atom. The Bertz CT molecular complexity index is 1170. The van der Waals surface area contributed by atoms with E-state index in [0.717, 1.165) is 61.0 Å². The third-order valence-corrected chi connectivity index (χ3v) is 5.37. The van der Waals surface area contributed by atoms with Crippen molar-refractivity contribution in [3.8, 4) is 35.5 Å². The molecule has 0 spiro atoms. The first kappa shape index (κ1) is 32.0. The van der Waals surface area contributed by atoms with Crippen molar-refractivity contribution in [2.24, 2.45) is 9.98 Å². The molecule has 196 valence electrons. The van der Waals surface area contributed by atoms with E-state index in [1.165, 1.54) is 32.1 Å². The van der Waals surface area contributed by atoms with Crippen LogP contribution < -0.4 is 0 Å². The summed E-state index contributed by atoms with van der Waals surface area (Å²) in [6.45, 7) is 6.52. The Kier molecular flexibility index (Phi) is 18.2. The zero-order valence-corrected chi connectivity index (χ0v) is 23.7. The molecule has 0 aliphatic rings. The summed E-state index contributed by atoms with van der Waals surface area (Å²) in [5, 5.41) is 0.